The van der Waals surface area contributed by atoms with Crippen molar-refractivity contribution in [3.05, 3.63) is 29.8 Å². The van der Waals surface area contributed by atoms with Crippen LogP contribution in [-0.4, -0.2) is 20.3 Å². The van der Waals surface area contributed by atoms with Crippen molar-refractivity contribution in [1.82, 2.24) is 4.72 Å². The first-order chi connectivity index (χ1) is 8.24. The molecule has 0 heterocycles. The molecule has 0 fully saturated rings. The van der Waals surface area contributed by atoms with E-state index in [1.54, 1.807) is 0 Å². The third-order valence-corrected chi connectivity index (χ3v) is 4.49. The van der Waals surface area contributed by atoms with Crippen molar-refractivity contribution < 1.29 is 17.2 Å². The molecular formula is C11H14ClF2NO2S. The summed E-state index contributed by atoms with van der Waals surface area (Å²) < 4.78 is 51.7. The van der Waals surface area contributed by atoms with Gasteiger partial charge in [0.05, 0.1) is 0 Å². The molecule has 1 N–H and O–H groups in total. The minimum atomic E-state index is -4.01. The summed E-state index contributed by atoms with van der Waals surface area (Å²) in [4.78, 5) is -0.587. The topological polar surface area (TPSA) is 46.2 Å². The Hall–Kier alpha value is -0.720. The van der Waals surface area contributed by atoms with Crippen LogP contribution in [0.3, 0.4) is 0 Å². The average Bonchev–Trinajstić information content (AvgIpc) is 2.25. The Bertz CT molecular complexity index is 520. The van der Waals surface area contributed by atoms with Gasteiger partial charge in [-0.3, -0.25) is 0 Å². The molecule has 0 bridgehead atoms. The van der Waals surface area contributed by atoms with E-state index in [0.717, 1.165) is 12.1 Å². The molecule has 18 heavy (non-hydrogen) atoms. The van der Waals surface area contributed by atoms with E-state index >= 15 is 0 Å². The number of hydrogen-bond acceptors (Lipinski definition) is 2. The van der Waals surface area contributed by atoms with Gasteiger partial charge in [-0.25, -0.2) is 21.9 Å². The quantitative estimate of drug-likeness (QED) is 0.849. The Morgan fingerprint density at radius 2 is 1.94 bits per heavy atom. The molecule has 1 atom stereocenters. The SMILES string of the molecule is CC(C)C(Cl)CNS(=O)(=O)c1ccc(F)cc1F. The lowest BCUT2D eigenvalue weighted by Gasteiger charge is -2.14. The lowest BCUT2D eigenvalue weighted by atomic mass is 10.1. The molecule has 1 aromatic carbocycles. The third-order valence-electron chi connectivity index (χ3n) is 2.38. The first kappa shape index (κ1) is 15.3. The monoisotopic (exact) mass is 297 g/mol. The van der Waals surface area contributed by atoms with Gasteiger partial charge in [0.1, 0.15) is 16.5 Å². The summed E-state index contributed by atoms with van der Waals surface area (Å²) in [6.45, 7) is 3.66. The molecule has 3 nitrogen and oxygen atoms in total. The molecule has 0 amide bonds. The van der Waals surface area contributed by atoms with Crippen molar-refractivity contribution in [2.75, 3.05) is 6.54 Å². The summed E-state index contributed by atoms with van der Waals surface area (Å²) in [7, 11) is -4.01. The predicted octanol–water partition coefficient (Wildman–Crippen LogP) is 2.51. The van der Waals surface area contributed by atoms with E-state index in [-0.39, 0.29) is 12.5 Å². The van der Waals surface area contributed by atoms with E-state index in [1.165, 1.54) is 0 Å². The Balaban J connectivity index is 2.87. The minimum Gasteiger partial charge on any atom is -0.210 e. The molecule has 0 aliphatic heterocycles. The van der Waals surface area contributed by atoms with Crippen LogP contribution in [0.15, 0.2) is 23.1 Å². The number of sulfonamides is 1. The molecule has 102 valence electrons. The fourth-order valence-electron chi connectivity index (χ4n) is 1.20. The Morgan fingerprint density at radius 3 is 2.44 bits per heavy atom. The van der Waals surface area contributed by atoms with Crippen LogP contribution in [0.4, 0.5) is 8.78 Å². The molecule has 0 saturated heterocycles. The molecule has 0 aliphatic rings. The van der Waals surface area contributed by atoms with Gasteiger partial charge in [-0.2, -0.15) is 0 Å². The van der Waals surface area contributed by atoms with Crippen LogP contribution >= 0.6 is 11.6 Å². The van der Waals surface area contributed by atoms with Gasteiger partial charge in [0, 0.05) is 18.0 Å². The van der Waals surface area contributed by atoms with Crippen LogP contribution in [-0.2, 0) is 10.0 Å². The van der Waals surface area contributed by atoms with Crippen molar-refractivity contribution in [1.29, 1.82) is 0 Å². The van der Waals surface area contributed by atoms with Gasteiger partial charge in [0.25, 0.3) is 0 Å². The number of benzene rings is 1. The van der Waals surface area contributed by atoms with Gasteiger partial charge in [-0.05, 0) is 18.1 Å². The van der Waals surface area contributed by atoms with Crippen LogP contribution in [0.1, 0.15) is 13.8 Å². The number of nitrogens with one attached hydrogen (secondary N) is 1. The van der Waals surface area contributed by atoms with Crippen molar-refractivity contribution in [2.45, 2.75) is 24.1 Å². The van der Waals surface area contributed by atoms with E-state index in [1.807, 2.05) is 13.8 Å². The number of alkyl halides is 1. The number of hydrogen-bond donors (Lipinski definition) is 1. The molecule has 0 aromatic heterocycles. The first-order valence-corrected chi connectivity index (χ1v) is 7.25. The number of halogens is 3. The molecule has 7 heteroatoms. The highest BCUT2D eigenvalue weighted by molar-refractivity contribution is 7.89. The second kappa shape index (κ2) is 5.95. The third kappa shape index (κ3) is 3.90. The Morgan fingerprint density at radius 1 is 1.33 bits per heavy atom. The maximum atomic E-state index is 13.3. The molecule has 0 radical (unpaired) electrons. The maximum absolute atomic E-state index is 13.3. The van der Waals surface area contributed by atoms with Crippen LogP contribution in [0, 0.1) is 17.6 Å². The summed E-state index contributed by atoms with van der Waals surface area (Å²) in [6, 6.07) is 2.29. The molecule has 0 saturated carbocycles. The molecule has 1 rings (SSSR count). The zero-order valence-corrected chi connectivity index (χ0v) is 11.5. The smallest absolute Gasteiger partial charge is 0.210 e. The van der Waals surface area contributed by atoms with Crippen LogP contribution in [0.2, 0.25) is 0 Å². The van der Waals surface area contributed by atoms with Crippen LogP contribution in [0.25, 0.3) is 0 Å². The molecule has 1 aromatic rings. The van der Waals surface area contributed by atoms with Crippen molar-refractivity contribution >= 4 is 21.6 Å². The maximum Gasteiger partial charge on any atom is 0.243 e. The summed E-state index contributed by atoms with van der Waals surface area (Å²) in [5.74, 6) is -1.88. The summed E-state index contributed by atoms with van der Waals surface area (Å²) >= 11 is 5.89. The summed E-state index contributed by atoms with van der Waals surface area (Å²) in [5, 5.41) is -0.400. The van der Waals surface area contributed by atoms with Gasteiger partial charge in [0.2, 0.25) is 10.0 Å². The van der Waals surface area contributed by atoms with Gasteiger partial charge in [0.15, 0.2) is 0 Å². The highest BCUT2D eigenvalue weighted by Gasteiger charge is 2.21. The first-order valence-electron chi connectivity index (χ1n) is 5.33. The Labute approximate surface area is 110 Å². The second-order valence-corrected chi connectivity index (χ2v) is 6.48. The van der Waals surface area contributed by atoms with Gasteiger partial charge >= 0.3 is 0 Å². The minimum absolute atomic E-state index is 0.0155. The molecular weight excluding hydrogens is 284 g/mol. The second-order valence-electron chi connectivity index (χ2n) is 4.19. The highest BCUT2D eigenvalue weighted by atomic mass is 35.5. The van der Waals surface area contributed by atoms with E-state index in [9.17, 15) is 17.2 Å². The lowest BCUT2D eigenvalue weighted by Crippen LogP contribution is -2.32. The number of rotatable bonds is 5. The van der Waals surface area contributed by atoms with E-state index in [2.05, 4.69) is 4.72 Å². The van der Waals surface area contributed by atoms with Crippen molar-refractivity contribution in [2.24, 2.45) is 5.92 Å². The Kier molecular flexibility index (Phi) is 5.07. The molecule has 0 spiro atoms. The average molecular weight is 298 g/mol. The van der Waals surface area contributed by atoms with E-state index in [0.29, 0.717) is 6.07 Å². The fraction of sp³-hybridized carbons (Fsp3) is 0.455. The van der Waals surface area contributed by atoms with Crippen molar-refractivity contribution in [3.8, 4) is 0 Å². The summed E-state index contributed by atoms with van der Waals surface area (Å²) in [5.41, 5.74) is 0. The zero-order valence-electron chi connectivity index (χ0n) is 9.95. The van der Waals surface area contributed by atoms with E-state index in [4.69, 9.17) is 11.6 Å². The predicted molar refractivity (Wildman–Crippen MR) is 66.0 cm³/mol. The molecule has 1 unspecified atom stereocenters. The van der Waals surface area contributed by atoms with Crippen LogP contribution in [0.5, 0.6) is 0 Å². The highest BCUT2D eigenvalue weighted by Crippen LogP contribution is 2.16. The molecule has 0 aliphatic carbocycles. The summed E-state index contributed by atoms with van der Waals surface area (Å²) in [6.07, 6.45) is 0. The van der Waals surface area contributed by atoms with Gasteiger partial charge < -0.3 is 0 Å². The van der Waals surface area contributed by atoms with E-state index < -0.39 is 31.9 Å². The largest absolute Gasteiger partial charge is 0.243 e. The normalized spacial score (nSPS) is 13.9. The zero-order chi connectivity index (χ0) is 13.9. The fourth-order valence-corrected chi connectivity index (χ4v) is 2.48. The van der Waals surface area contributed by atoms with Gasteiger partial charge in [-0.15, -0.1) is 11.6 Å². The standard InChI is InChI=1S/C11H14ClF2NO2S/c1-7(2)9(12)6-15-18(16,17)11-4-3-8(13)5-10(11)14/h3-5,7,9,15H,6H2,1-2H3. The van der Waals surface area contributed by atoms with Crippen LogP contribution < -0.4 is 4.72 Å². The van der Waals surface area contributed by atoms with Gasteiger partial charge in [-0.1, -0.05) is 13.8 Å². The lowest BCUT2D eigenvalue weighted by molar-refractivity contribution is 0.535. The van der Waals surface area contributed by atoms with Crippen molar-refractivity contribution in [3.63, 3.8) is 0 Å².